The zero-order valence-electron chi connectivity index (χ0n) is 13.0. The fourth-order valence-electron chi connectivity index (χ4n) is 2.44. The van der Waals surface area contributed by atoms with Crippen molar-refractivity contribution < 1.29 is 14.3 Å². The summed E-state index contributed by atoms with van der Waals surface area (Å²) >= 11 is 0. The molecule has 2 aromatic rings. The molecular weight excluding hydrogens is 306 g/mol. The van der Waals surface area contributed by atoms with Crippen LogP contribution in [0.5, 0.6) is 5.75 Å². The molecule has 0 saturated carbocycles. The molecule has 1 aliphatic heterocycles. The maximum Gasteiger partial charge on any atom is 0.265 e. The molecule has 0 fully saturated rings. The summed E-state index contributed by atoms with van der Waals surface area (Å²) in [6.07, 6.45) is -0.410. The number of hydrogen-bond donors (Lipinski definition) is 2. The van der Waals surface area contributed by atoms with Crippen molar-refractivity contribution in [1.29, 1.82) is 5.26 Å². The largest absolute Gasteiger partial charge is 0.479 e. The topological polar surface area (TPSA) is 91.2 Å². The molecular formula is C18H15N3O3. The minimum Gasteiger partial charge on any atom is -0.479 e. The summed E-state index contributed by atoms with van der Waals surface area (Å²) < 4.78 is 5.48. The molecule has 1 unspecified atom stereocenters. The molecule has 1 atom stereocenters. The minimum absolute atomic E-state index is 0.123. The van der Waals surface area contributed by atoms with E-state index in [1.165, 1.54) is 0 Å². The number of fused-ring (bicyclic) bond motifs is 1. The van der Waals surface area contributed by atoms with Gasteiger partial charge in [-0.15, -0.1) is 0 Å². The Kier molecular flexibility index (Phi) is 4.17. The Morgan fingerprint density at radius 3 is 2.92 bits per heavy atom. The molecule has 0 aromatic heterocycles. The number of carbonyl (C=O) groups is 2. The number of nitrogens with zero attached hydrogens (tertiary/aromatic N) is 1. The van der Waals surface area contributed by atoms with E-state index in [0.29, 0.717) is 22.7 Å². The Balaban J connectivity index is 1.73. The Labute approximate surface area is 139 Å². The molecule has 1 aliphatic rings. The van der Waals surface area contributed by atoms with Crippen molar-refractivity contribution >= 4 is 23.2 Å². The van der Waals surface area contributed by atoms with Gasteiger partial charge in [0.05, 0.1) is 23.4 Å². The number of nitrogens with one attached hydrogen (secondary N) is 2. The van der Waals surface area contributed by atoms with Gasteiger partial charge in [0.2, 0.25) is 5.91 Å². The number of carbonyl (C=O) groups excluding carboxylic acids is 2. The molecule has 3 rings (SSSR count). The maximum absolute atomic E-state index is 12.2. The van der Waals surface area contributed by atoms with Gasteiger partial charge >= 0.3 is 0 Å². The van der Waals surface area contributed by atoms with Gasteiger partial charge in [0.15, 0.2) is 6.10 Å². The average Bonchev–Trinajstić information content (AvgIpc) is 2.56. The highest BCUT2D eigenvalue weighted by Gasteiger charge is 2.23. The van der Waals surface area contributed by atoms with Crippen LogP contribution in [-0.2, 0) is 16.0 Å². The number of amides is 2. The number of benzene rings is 2. The van der Waals surface area contributed by atoms with Crippen LogP contribution < -0.4 is 15.4 Å². The molecule has 1 heterocycles. The van der Waals surface area contributed by atoms with Crippen LogP contribution in [0, 0.1) is 11.3 Å². The van der Waals surface area contributed by atoms with E-state index in [1.54, 1.807) is 49.4 Å². The molecule has 0 bridgehead atoms. The van der Waals surface area contributed by atoms with Crippen molar-refractivity contribution in [2.45, 2.75) is 19.4 Å². The smallest absolute Gasteiger partial charge is 0.265 e. The first-order chi connectivity index (χ1) is 11.6. The van der Waals surface area contributed by atoms with E-state index in [1.807, 2.05) is 6.07 Å². The average molecular weight is 321 g/mol. The molecule has 2 aromatic carbocycles. The summed E-state index contributed by atoms with van der Waals surface area (Å²) in [4.78, 5) is 23.9. The quantitative estimate of drug-likeness (QED) is 0.908. The van der Waals surface area contributed by atoms with Gasteiger partial charge in [-0.2, -0.15) is 5.26 Å². The summed E-state index contributed by atoms with van der Waals surface area (Å²) in [7, 11) is 0. The third-order valence-corrected chi connectivity index (χ3v) is 3.66. The summed E-state index contributed by atoms with van der Waals surface area (Å²) in [6.45, 7) is 1.67. The summed E-state index contributed by atoms with van der Waals surface area (Å²) in [6, 6.07) is 14.1. The van der Waals surface area contributed by atoms with E-state index < -0.39 is 6.10 Å². The standard InChI is InChI=1S/C18H15N3O3/c1-11-18(23)21-15-8-12(6-7-16(15)24-11)9-17(22)20-14-5-3-2-4-13(14)10-19/h2-8,11H,9H2,1H3,(H,20,22)(H,21,23). The SMILES string of the molecule is CC1Oc2ccc(CC(=O)Nc3ccccc3C#N)cc2NC1=O. The van der Waals surface area contributed by atoms with Gasteiger partial charge in [-0.25, -0.2) is 0 Å². The van der Waals surface area contributed by atoms with E-state index in [0.717, 1.165) is 5.56 Å². The Hall–Kier alpha value is -3.33. The summed E-state index contributed by atoms with van der Waals surface area (Å²) in [5, 5.41) is 14.5. The molecule has 2 amide bonds. The second kappa shape index (κ2) is 6.42. The van der Waals surface area contributed by atoms with Gasteiger partial charge in [0, 0.05) is 0 Å². The normalized spacial score (nSPS) is 15.5. The van der Waals surface area contributed by atoms with Crippen molar-refractivity contribution in [1.82, 2.24) is 0 Å². The van der Waals surface area contributed by atoms with Gasteiger partial charge in [0.1, 0.15) is 11.8 Å². The fourth-order valence-corrected chi connectivity index (χ4v) is 2.44. The lowest BCUT2D eigenvalue weighted by atomic mass is 10.1. The zero-order chi connectivity index (χ0) is 17.1. The van der Waals surface area contributed by atoms with Crippen LogP contribution in [0.4, 0.5) is 11.4 Å². The van der Waals surface area contributed by atoms with Crippen molar-refractivity contribution in [2.24, 2.45) is 0 Å². The number of para-hydroxylation sites is 1. The van der Waals surface area contributed by atoms with Gasteiger partial charge < -0.3 is 15.4 Å². The van der Waals surface area contributed by atoms with Gasteiger partial charge in [0.25, 0.3) is 5.91 Å². The Morgan fingerprint density at radius 1 is 1.33 bits per heavy atom. The van der Waals surface area contributed by atoms with Crippen molar-refractivity contribution in [3.05, 3.63) is 53.6 Å². The molecule has 120 valence electrons. The van der Waals surface area contributed by atoms with Crippen LogP contribution in [0.2, 0.25) is 0 Å². The minimum atomic E-state index is -0.533. The van der Waals surface area contributed by atoms with Crippen LogP contribution in [0.15, 0.2) is 42.5 Å². The number of anilines is 2. The third kappa shape index (κ3) is 3.20. The predicted molar refractivity (Wildman–Crippen MR) is 88.7 cm³/mol. The molecule has 24 heavy (non-hydrogen) atoms. The first-order valence-corrected chi connectivity index (χ1v) is 7.46. The van der Waals surface area contributed by atoms with Crippen molar-refractivity contribution in [3.8, 4) is 11.8 Å². The van der Waals surface area contributed by atoms with Gasteiger partial charge in [-0.05, 0) is 36.8 Å². The molecule has 6 heteroatoms. The maximum atomic E-state index is 12.2. The fraction of sp³-hybridized carbons (Fsp3) is 0.167. The van der Waals surface area contributed by atoms with Crippen LogP contribution >= 0.6 is 0 Å². The van der Waals surface area contributed by atoms with Crippen molar-refractivity contribution in [3.63, 3.8) is 0 Å². The molecule has 0 aliphatic carbocycles. The molecule has 0 spiro atoms. The highest BCUT2D eigenvalue weighted by molar-refractivity contribution is 5.98. The van der Waals surface area contributed by atoms with Crippen LogP contribution in [0.1, 0.15) is 18.1 Å². The molecule has 2 N–H and O–H groups in total. The van der Waals surface area contributed by atoms with Gasteiger partial charge in [-0.1, -0.05) is 18.2 Å². The van der Waals surface area contributed by atoms with Gasteiger partial charge in [-0.3, -0.25) is 9.59 Å². The van der Waals surface area contributed by atoms with E-state index in [4.69, 9.17) is 10.00 Å². The highest BCUT2D eigenvalue weighted by Crippen LogP contribution is 2.30. The lowest BCUT2D eigenvalue weighted by Crippen LogP contribution is -2.34. The highest BCUT2D eigenvalue weighted by atomic mass is 16.5. The molecule has 0 radical (unpaired) electrons. The lowest BCUT2D eigenvalue weighted by Gasteiger charge is -2.23. The van der Waals surface area contributed by atoms with Crippen molar-refractivity contribution in [2.75, 3.05) is 10.6 Å². The number of hydrogen-bond acceptors (Lipinski definition) is 4. The monoisotopic (exact) mass is 321 g/mol. The van der Waals surface area contributed by atoms with E-state index in [2.05, 4.69) is 10.6 Å². The number of rotatable bonds is 3. The Morgan fingerprint density at radius 2 is 2.12 bits per heavy atom. The second-order valence-corrected chi connectivity index (χ2v) is 5.46. The molecule has 0 saturated heterocycles. The predicted octanol–water partition coefficient (Wildman–Crippen LogP) is 2.46. The summed E-state index contributed by atoms with van der Waals surface area (Å²) in [5.74, 6) is 0.127. The molecule has 6 nitrogen and oxygen atoms in total. The van der Waals surface area contributed by atoms with E-state index in [-0.39, 0.29) is 18.2 Å². The first kappa shape index (κ1) is 15.6. The Bertz CT molecular complexity index is 855. The number of ether oxygens (including phenoxy) is 1. The summed E-state index contributed by atoms with van der Waals surface area (Å²) in [5.41, 5.74) is 2.18. The number of nitriles is 1. The van der Waals surface area contributed by atoms with Crippen LogP contribution in [0.3, 0.4) is 0 Å². The van der Waals surface area contributed by atoms with E-state index in [9.17, 15) is 9.59 Å². The lowest BCUT2D eigenvalue weighted by molar-refractivity contribution is -0.122. The van der Waals surface area contributed by atoms with Crippen LogP contribution in [0.25, 0.3) is 0 Å². The second-order valence-electron chi connectivity index (χ2n) is 5.46. The zero-order valence-corrected chi connectivity index (χ0v) is 13.0. The van der Waals surface area contributed by atoms with E-state index >= 15 is 0 Å². The van der Waals surface area contributed by atoms with Crippen LogP contribution in [-0.4, -0.2) is 17.9 Å². The first-order valence-electron chi connectivity index (χ1n) is 7.46. The third-order valence-electron chi connectivity index (χ3n) is 3.66.